The minimum Gasteiger partial charge on any atom is -0.494 e. The molecule has 0 bridgehead atoms. The van der Waals surface area contributed by atoms with Gasteiger partial charge in [0, 0.05) is 5.56 Å². The average molecular weight is 544 g/mol. The van der Waals surface area contributed by atoms with Crippen LogP contribution in [0.5, 0.6) is 11.5 Å². The number of nitrogens with zero attached hydrogens (tertiary/aromatic N) is 1. The lowest BCUT2D eigenvalue weighted by Gasteiger charge is -2.26. The summed E-state index contributed by atoms with van der Waals surface area (Å²) in [5.41, 5.74) is 3.14. The van der Waals surface area contributed by atoms with Crippen molar-refractivity contribution in [2.45, 2.75) is 52.4 Å². The van der Waals surface area contributed by atoms with Gasteiger partial charge in [-0.25, -0.2) is 4.79 Å². The number of esters is 1. The van der Waals surface area contributed by atoms with Crippen molar-refractivity contribution in [3.8, 4) is 22.6 Å². The Morgan fingerprint density at radius 2 is 1.49 bits per heavy atom. The number of hydrogen-bond acceptors (Lipinski definition) is 5. The third kappa shape index (κ3) is 7.99. The molecule has 1 amide bonds. The minimum atomic E-state index is -4.83. The second kappa shape index (κ2) is 12.2. The normalized spacial score (nSPS) is 11.6. The zero-order chi connectivity index (χ0) is 28.8. The van der Waals surface area contributed by atoms with Crippen LogP contribution in [0.4, 0.5) is 18.9 Å². The van der Waals surface area contributed by atoms with Crippen LogP contribution in [0.2, 0.25) is 0 Å². The van der Waals surface area contributed by atoms with Gasteiger partial charge in [0.1, 0.15) is 11.5 Å². The molecule has 0 saturated carbocycles. The van der Waals surface area contributed by atoms with Crippen LogP contribution in [0, 0.1) is 0 Å². The van der Waals surface area contributed by atoms with Gasteiger partial charge < -0.3 is 14.2 Å². The Morgan fingerprint density at radius 3 is 2.03 bits per heavy atom. The number of amides is 1. The van der Waals surface area contributed by atoms with Crippen LogP contribution < -0.4 is 14.4 Å². The van der Waals surface area contributed by atoms with Crippen molar-refractivity contribution < 1.29 is 37.0 Å². The van der Waals surface area contributed by atoms with Crippen molar-refractivity contribution in [3.05, 3.63) is 77.9 Å². The number of anilines is 1. The molecule has 6 nitrogen and oxygen atoms in total. The molecular weight excluding hydrogens is 511 g/mol. The minimum absolute atomic E-state index is 0.0514. The molecule has 0 saturated heterocycles. The number of alkyl halides is 3. The number of benzene rings is 3. The summed E-state index contributed by atoms with van der Waals surface area (Å²) in [4.78, 5) is 26.9. The second-order valence-corrected chi connectivity index (χ2v) is 9.93. The first-order valence-electron chi connectivity index (χ1n) is 12.4. The Morgan fingerprint density at radius 1 is 0.872 bits per heavy atom. The third-order valence-corrected chi connectivity index (χ3v) is 5.90. The fourth-order valence-corrected chi connectivity index (χ4v) is 3.88. The lowest BCUT2D eigenvalue weighted by atomic mass is 9.86. The highest BCUT2D eigenvalue weighted by molar-refractivity contribution is 6.38. The van der Waals surface area contributed by atoms with Gasteiger partial charge in [-0.1, -0.05) is 64.1 Å². The quantitative estimate of drug-likeness (QED) is 0.225. The van der Waals surface area contributed by atoms with Crippen molar-refractivity contribution in [3.63, 3.8) is 0 Å². The summed E-state index contributed by atoms with van der Waals surface area (Å²) in [5.74, 6) is -1.82. The molecule has 0 unspecified atom stereocenters. The molecule has 0 aliphatic heterocycles. The van der Waals surface area contributed by atoms with Gasteiger partial charge >= 0.3 is 18.2 Å². The van der Waals surface area contributed by atoms with Crippen LogP contribution in [-0.4, -0.2) is 32.0 Å². The first-order chi connectivity index (χ1) is 18.3. The van der Waals surface area contributed by atoms with E-state index in [9.17, 15) is 22.8 Å². The summed E-state index contributed by atoms with van der Waals surface area (Å²) in [5, 5.41) is 0. The molecule has 0 aromatic heterocycles. The van der Waals surface area contributed by atoms with E-state index in [0.717, 1.165) is 24.7 Å². The van der Waals surface area contributed by atoms with Crippen LogP contribution in [0.3, 0.4) is 0 Å². The summed E-state index contributed by atoms with van der Waals surface area (Å²) in [7, 11) is 1.12. The van der Waals surface area contributed by atoms with Crippen LogP contribution >= 0.6 is 0 Å². The highest BCUT2D eigenvalue weighted by Gasteiger charge is 2.31. The summed E-state index contributed by atoms with van der Waals surface area (Å²) in [6, 6.07) is 18.0. The Kier molecular flexibility index (Phi) is 9.27. The third-order valence-electron chi connectivity index (χ3n) is 5.90. The zero-order valence-electron chi connectivity index (χ0n) is 22.6. The maximum atomic E-state index is 13.2. The molecular formula is C30H32F3NO5. The number of carbonyl (C=O) groups excluding carboxylic acids is 2. The molecule has 39 heavy (non-hydrogen) atoms. The summed E-state index contributed by atoms with van der Waals surface area (Å²) in [6.45, 7) is 8.73. The van der Waals surface area contributed by atoms with Gasteiger partial charge in [0.2, 0.25) is 0 Å². The lowest BCUT2D eigenvalue weighted by molar-refractivity contribution is -0.274. The van der Waals surface area contributed by atoms with E-state index in [1.807, 2.05) is 31.2 Å². The lowest BCUT2D eigenvalue weighted by Crippen LogP contribution is -2.37. The molecule has 0 aliphatic rings. The van der Waals surface area contributed by atoms with Crippen molar-refractivity contribution in [1.82, 2.24) is 0 Å². The molecule has 3 aromatic carbocycles. The van der Waals surface area contributed by atoms with Gasteiger partial charge in [-0.05, 0) is 58.9 Å². The SMILES string of the molecule is CCCOc1ccc(N(Cc2ccc(C(C)(C)C)cc2)C(=O)C(=O)OC)c(-c2ccc(OC(F)(F)F)cc2)c1. The van der Waals surface area contributed by atoms with Gasteiger partial charge in [0.05, 0.1) is 25.9 Å². The molecule has 0 fully saturated rings. The first-order valence-corrected chi connectivity index (χ1v) is 12.4. The monoisotopic (exact) mass is 543 g/mol. The van der Waals surface area contributed by atoms with Crippen LogP contribution in [0.25, 0.3) is 11.1 Å². The number of methoxy groups -OCH3 is 1. The van der Waals surface area contributed by atoms with Crippen molar-refractivity contribution in [1.29, 1.82) is 0 Å². The zero-order valence-corrected chi connectivity index (χ0v) is 22.6. The second-order valence-electron chi connectivity index (χ2n) is 9.93. The van der Waals surface area contributed by atoms with Crippen LogP contribution in [-0.2, 0) is 26.3 Å². The van der Waals surface area contributed by atoms with Gasteiger partial charge in [0.15, 0.2) is 0 Å². The molecule has 0 N–H and O–H groups in total. The van der Waals surface area contributed by atoms with Crippen molar-refractivity contribution in [2.24, 2.45) is 0 Å². The number of hydrogen-bond donors (Lipinski definition) is 0. The highest BCUT2D eigenvalue weighted by atomic mass is 19.4. The molecule has 3 aromatic rings. The Hall–Kier alpha value is -4.01. The van der Waals surface area contributed by atoms with E-state index < -0.39 is 18.2 Å². The summed E-state index contributed by atoms with van der Waals surface area (Å²) >= 11 is 0. The molecule has 0 spiro atoms. The average Bonchev–Trinajstić information content (AvgIpc) is 2.89. The Labute approximate surface area is 226 Å². The largest absolute Gasteiger partial charge is 0.573 e. The van der Waals surface area contributed by atoms with Gasteiger partial charge in [-0.3, -0.25) is 9.69 Å². The molecule has 0 aliphatic carbocycles. The van der Waals surface area contributed by atoms with Gasteiger partial charge in [-0.15, -0.1) is 13.2 Å². The maximum Gasteiger partial charge on any atom is 0.573 e. The highest BCUT2D eigenvalue weighted by Crippen LogP contribution is 2.37. The summed E-state index contributed by atoms with van der Waals surface area (Å²) in [6.07, 6.45) is -4.06. The molecule has 208 valence electrons. The van der Waals surface area contributed by atoms with Gasteiger partial charge in [0.25, 0.3) is 0 Å². The fourth-order valence-electron chi connectivity index (χ4n) is 3.88. The van der Waals surface area contributed by atoms with Crippen molar-refractivity contribution in [2.75, 3.05) is 18.6 Å². The standard InChI is InChI=1S/C30H32F3NO5/c1-6-17-38-24-15-16-26(25(18-24)21-9-13-23(14-10-21)39-30(31,32)33)34(27(35)28(36)37-5)19-20-7-11-22(12-8-20)29(2,3)4/h7-16,18H,6,17,19H2,1-5H3. The van der Waals surface area contributed by atoms with E-state index in [0.29, 0.717) is 29.2 Å². The predicted molar refractivity (Wildman–Crippen MR) is 143 cm³/mol. The molecule has 0 heterocycles. The Bertz CT molecular complexity index is 1280. The van der Waals surface area contributed by atoms with E-state index in [4.69, 9.17) is 9.47 Å². The number of halogens is 3. The molecule has 0 atom stereocenters. The van der Waals surface area contributed by atoms with Crippen molar-refractivity contribution >= 4 is 17.6 Å². The van der Waals surface area contributed by atoms with Gasteiger partial charge in [-0.2, -0.15) is 0 Å². The molecule has 3 rings (SSSR count). The van der Waals surface area contributed by atoms with Crippen LogP contribution in [0.15, 0.2) is 66.7 Å². The van der Waals surface area contributed by atoms with E-state index >= 15 is 0 Å². The fraction of sp³-hybridized carbons (Fsp3) is 0.333. The van der Waals surface area contributed by atoms with Crippen LogP contribution in [0.1, 0.15) is 45.2 Å². The number of ether oxygens (including phenoxy) is 3. The summed E-state index contributed by atoms with van der Waals surface area (Å²) < 4.78 is 52.5. The van der Waals surface area contributed by atoms with E-state index in [2.05, 4.69) is 25.5 Å². The van der Waals surface area contributed by atoms with E-state index in [1.54, 1.807) is 18.2 Å². The van der Waals surface area contributed by atoms with E-state index in [1.165, 1.54) is 29.2 Å². The number of rotatable bonds is 8. The predicted octanol–water partition coefficient (Wildman–Crippen LogP) is 7.04. The Balaban J connectivity index is 2.10. The first kappa shape index (κ1) is 29.5. The smallest absolute Gasteiger partial charge is 0.494 e. The topological polar surface area (TPSA) is 65.1 Å². The van der Waals surface area contributed by atoms with E-state index in [-0.39, 0.29) is 17.7 Å². The molecule has 9 heteroatoms. The number of carbonyl (C=O) groups is 2. The molecule has 0 radical (unpaired) electrons. The maximum absolute atomic E-state index is 13.2.